The highest BCUT2D eigenvalue weighted by Crippen LogP contribution is 2.31. The molecule has 1 heterocycles. The van der Waals surface area contributed by atoms with Crippen molar-refractivity contribution in [3.05, 3.63) is 16.6 Å². The molecular formula is C9H14N2O2S2. The largest absolute Gasteiger partial charge is 0.480 e. The monoisotopic (exact) mass is 246 g/mol. The van der Waals surface area contributed by atoms with Gasteiger partial charge in [-0.05, 0) is 13.8 Å². The third kappa shape index (κ3) is 3.48. The zero-order valence-electron chi connectivity index (χ0n) is 8.64. The molecule has 0 saturated carbocycles. The van der Waals surface area contributed by atoms with Crippen LogP contribution in [-0.2, 0) is 10.5 Å². The number of carboxylic acids is 1. The summed E-state index contributed by atoms with van der Waals surface area (Å²) in [6.07, 6.45) is 1.79. The van der Waals surface area contributed by atoms with Crippen molar-refractivity contribution >= 4 is 29.1 Å². The van der Waals surface area contributed by atoms with E-state index < -0.39 is 16.8 Å². The standard InChI is InChI=1S/C9H14N2O2S2/c1-9(2,7(10)8(12)13)15-4-6-3-11-5-14-6/h3,5,7H,4,10H2,1-2H3,(H,12,13)/t7-/m1/s1. The number of thiazole rings is 1. The summed E-state index contributed by atoms with van der Waals surface area (Å²) >= 11 is 3.10. The highest BCUT2D eigenvalue weighted by molar-refractivity contribution is 8.00. The minimum absolute atomic E-state index is 0.476. The average Bonchev–Trinajstić information content (AvgIpc) is 2.66. The third-order valence-corrected chi connectivity index (χ3v) is 4.50. The van der Waals surface area contributed by atoms with Crippen LogP contribution >= 0.6 is 23.1 Å². The van der Waals surface area contributed by atoms with E-state index in [1.165, 1.54) is 11.8 Å². The smallest absolute Gasteiger partial charge is 0.321 e. The van der Waals surface area contributed by atoms with Gasteiger partial charge in [0.1, 0.15) is 6.04 Å². The summed E-state index contributed by atoms with van der Waals surface area (Å²) in [6.45, 7) is 3.69. The first-order chi connectivity index (χ1) is 6.93. The van der Waals surface area contributed by atoms with E-state index in [-0.39, 0.29) is 0 Å². The Hall–Kier alpha value is -0.590. The van der Waals surface area contributed by atoms with E-state index in [0.717, 1.165) is 10.6 Å². The molecule has 1 rings (SSSR count). The van der Waals surface area contributed by atoms with Crippen molar-refractivity contribution in [2.75, 3.05) is 0 Å². The normalized spacial score (nSPS) is 13.8. The summed E-state index contributed by atoms with van der Waals surface area (Å²) < 4.78 is -0.476. The molecule has 0 aliphatic rings. The molecule has 1 aromatic rings. The molecule has 84 valence electrons. The molecular weight excluding hydrogens is 232 g/mol. The van der Waals surface area contributed by atoms with Gasteiger partial charge in [0.05, 0.1) is 5.51 Å². The second-order valence-corrected chi connectivity index (χ2v) is 6.28. The van der Waals surface area contributed by atoms with Crippen LogP contribution in [0.2, 0.25) is 0 Å². The Kier molecular flexibility index (Phi) is 4.12. The first kappa shape index (κ1) is 12.5. The van der Waals surface area contributed by atoms with Gasteiger partial charge in [-0.15, -0.1) is 23.1 Å². The number of hydrogen-bond acceptors (Lipinski definition) is 5. The number of aromatic nitrogens is 1. The Morgan fingerprint density at radius 2 is 2.47 bits per heavy atom. The molecule has 0 aliphatic carbocycles. The maximum Gasteiger partial charge on any atom is 0.321 e. The fraction of sp³-hybridized carbons (Fsp3) is 0.556. The number of nitrogens with zero attached hydrogens (tertiary/aromatic N) is 1. The van der Waals surface area contributed by atoms with E-state index in [0.29, 0.717) is 0 Å². The van der Waals surface area contributed by atoms with Crippen molar-refractivity contribution in [2.45, 2.75) is 30.4 Å². The van der Waals surface area contributed by atoms with Gasteiger partial charge in [0, 0.05) is 21.6 Å². The Balaban J connectivity index is 2.53. The molecule has 0 spiro atoms. The molecule has 0 aromatic carbocycles. The second kappa shape index (κ2) is 4.96. The maximum atomic E-state index is 10.8. The van der Waals surface area contributed by atoms with Crippen LogP contribution in [0.3, 0.4) is 0 Å². The van der Waals surface area contributed by atoms with Crippen molar-refractivity contribution in [3.8, 4) is 0 Å². The van der Waals surface area contributed by atoms with Crippen molar-refractivity contribution in [1.29, 1.82) is 0 Å². The van der Waals surface area contributed by atoms with Crippen molar-refractivity contribution < 1.29 is 9.90 Å². The number of carboxylic acid groups (broad SMARTS) is 1. The fourth-order valence-corrected chi connectivity index (χ4v) is 2.65. The quantitative estimate of drug-likeness (QED) is 0.824. The fourth-order valence-electron chi connectivity index (χ4n) is 0.958. The predicted molar refractivity (Wildman–Crippen MR) is 63.1 cm³/mol. The lowest BCUT2D eigenvalue weighted by Gasteiger charge is -2.27. The number of thioether (sulfide) groups is 1. The van der Waals surface area contributed by atoms with Gasteiger partial charge in [-0.3, -0.25) is 9.78 Å². The number of carbonyl (C=O) groups is 1. The Labute approximate surface area is 96.9 Å². The van der Waals surface area contributed by atoms with Gasteiger partial charge < -0.3 is 10.8 Å². The van der Waals surface area contributed by atoms with E-state index in [1.54, 1.807) is 23.0 Å². The Bertz CT molecular complexity index is 325. The molecule has 0 fully saturated rings. The lowest BCUT2D eigenvalue weighted by molar-refractivity contribution is -0.139. The minimum Gasteiger partial charge on any atom is -0.480 e. The molecule has 4 nitrogen and oxygen atoms in total. The van der Waals surface area contributed by atoms with E-state index in [4.69, 9.17) is 10.8 Å². The van der Waals surface area contributed by atoms with Crippen molar-refractivity contribution in [1.82, 2.24) is 4.98 Å². The third-order valence-electron chi connectivity index (χ3n) is 2.08. The maximum absolute atomic E-state index is 10.8. The van der Waals surface area contributed by atoms with Gasteiger partial charge in [0.2, 0.25) is 0 Å². The lowest BCUT2D eigenvalue weighted by Crippen LogP contribution is -2.46. The summed E-state index contributed by atoms with van der Waals surface area (Å²) in [6, 6.07) is -0.851. The first-order valence-corrected chi connectivity index (χ1v) is 6.29. The van der Waals surface area contributed by atoms with Crippen LogP contribution in [-0.4, -0.2) is 26.8 Å². The molecule has 0 saturated heterocycles. The van der Waals surface area contributed by atoms with E-state index >= 15 is 0 Å². The van der Waals surface area contributed by atoms with Crippen LogP contribution in [0, 0.1) is 0 Å². The van der Waals surface area contributed by atoms with Crippen LogP contribution in [0.15, 0.2) is 11.7 Å². The number of hydrogen-bond donors (Lipinski definition) is 2. The Morgan fingerprint density at radius 3 is 2.93 bits per heavy atom. The molecule has 0 bridgehead atoms. The molecule has 15 heavy (non-hydrogen) atoms. The molecule has 6 heteroatoms. The van der Waals surface area contributed by atoms with E-state index in [1.807, 2.05) is 13.8 Å². The molecule has 1 atom stereocenters. The lowest BCUT2D eigenvalue weighted by atomic mass is 10.1. The number of aliphatic carboxylic acids is 1. The second-order valence-electron chi connectivity index (χ2n) is 3.68. The molecule has 0 unspecified atom stereocenters. The van der Waals surface area contributed by atoms with Gasteiger partial charge in [-0.2, -0.15) is 0 Å². The minimum atomic E-state index is -0.961. The number of rotatable bonds is 5. The summed E-state index contributed by atoms with van der Waals surface area (Å²) in [5.41, 5.74) is 7.37. The van der Waals surface area contributed by atoms with Crippen LogP contribution < -0.4 is 5.73 Å². The summed E-state index contributed by atoms with van der Waals surface area (Å²) in [4.78, 5) is 15.8. The molecule has 3 N–H and O–H groups in total. The van der Waals surface area contributed by atoms with Crippen LogP contribution in [0.25, 0.3) is 0 Å². The van der Waals surface area contributed by atoms with Gasteiger partial charge in [0.15, 0.2) is 0 Å². The van der Waals surface area contributed by atoms with Crippen molar-refractivity contribution in [2.24, 2.45) is 5.73 Å². The van der Waals surface area contributed by atoms with Gasteiger partial charge >= 0.3 is 5.97 Å². The van der Waals surface area contributed by atoms with Crippen LogP contribution in [0.5, 0.6) is 0 Å². The van der Waals surface area contributed by atoms with Gasteiger partial charge in [0.25, 0.3) is 0 Å². The van der Waals surface area contributed by atoms with E-state index in [9.17, 15) is 4.79 Å². The molecule has 0 aliphatic heterocycles. The molecule has 1 aromatic heterocycles. The highest BCUT2D eigenvalue weighted by atomic mass is 32.2. The van der Waals surface area contributed by atoms with Gasteiger partial charge in [-0.1, -0.05) is 0 Å². The summed E-state index contributed by atoms with van der Waals surface area (Å²) in [7, 11) is 0. The summed E-state index contributed by atoms with van der Waals surface area (Å²) in [5.74, 6) is -0.213. The summed E-state index contributed by atoms with van der Waals surface area (Å²) in [5, 5.41) is 8.83. The van der Waals surface area contributed by atoms with E-state index in [2.05, 4.69) is 4.98 Å². The molecule has 0 radical (unpaired) electrons. The predicted octanol–water partition coefficient (Wildman–Crippen LogP) is 1.57. The highest BCUT2D eigenvalue weighted by Gasteiger charge is 2.32. The zero-order chi connectivity index (χ0) is 11.5. The SMILES string of the molecule is CC(C)(SCc1cncs1)[C@H](N)C(=O)O. The average molecular weight is 246 g/mol. The van der Waals surface area contributed by atoms with Crippen LogP contribution in [0.1, 0.15) is 18.7 Å². The Morgan fingerprint density at radius 1 is 1.80 bits per heavy atom. The first-order valence-electron chi connectivity index (χ1n) is 4.43. The van der Waals surface area contributed by atoms with Crippen LogP contribution in [0.4, 0.5) is 0 Å². The van der Waals surface area contributed by atoms with Gasteiger partial charge in [-0.25, -0.2) is 0 Å². The zero-order valence-corrected chi connectivity index (χ0v) is 10.3. The van der Waals surface area contributed by atoms with Crippen molar-refractivity contribution in [3.63, 3.8) is 0 Å². The topological polar surface area (TPSA) is 76.2 Å². The molecule has 0 amide bonds. The number of nitrogens with two attached hydrogens (primary N) is 1.